The predicted molar refractivity (Wildman–Crippen MR) is 100 cm³/mol. The van der Waals surface area contributed by atoms with Crippen molar-refractivity contribution < 1.29 is 0 Å². The maximum Gasteiger partial charge on any atom is 0.101 e. The van der Waals surface area contributed by atoms with Gasteiger partial charge in [0.1, 0.15) is 6.07 Å². The van der Waals surface area contributed by atoms with Crippen LogP contribution in [0.3, 0.4) is 0 Å². The first-order valence-corrected chi connectivity index (χ1v) is 8.31. The van der Waals surface area contributed by atoms with Crippen LogP contribution in [0.2, 0.25) is 0 Å². The van der Waals surface area contributed by atoms with Crippen LogP contribution in [0.4, 0.5) is 0 Å². The van der Waals surface area contributed by atoms with Gasteiger partial charge in [0.15, 0.2) is 0 Å². The zero-order valence-electron chi connectivity index (χ0n) is 13.7. The van der Waals surface area contributed by atoms with Crippen LogP contribution in [-0.2, 0) is 6.54 Å². The molecule has 118 valence electrons. The van der Waals surface area contributed by atoms with Crippen LogP contribution in [0.25, 0.3) is 43.6 Å². The van der Waals surface area contributed by atoms with Crippen molar-refractivity contribution in [3.8, 4) is 6.07 Å². The fourth-order valence-corrected chi connectivity index (χ4v) is 3.70. The van der Waals surface area contributed by atoms with Gasteiger partial charge in [-0.15, -0.1) is 0 Å². The summed E-state index contributed by atoms with van der Waals surface area (Å²) in [6.07, 6.45) is 1.83. The Kier molecular flexibility index (Phi) is 2.80. The van der Waals surface area contributed by atoms with Gasteiger partial charge in [0.2, 0.25) is 0 Å². The molecule has 0 fully saturated rings. The number of rotatable bonds is 1. The lowest BCUT2D eigenvalue weighted by molar-refractivity contribution is 0.787. The van der Waals surface area contributed by atoms with E-state index in [1.54, 1.807) is 0 Å². The number of aromatic nitrogens is 3. The Morgan fingerprint density at radius 1 is 1.00 bits per heavy atom. The van der Waals surface area contributed by atoms with Crippen molar-refractivity contribution in [1.82, 2.24) is 14.5 Å². The minimum absolute atomic E-state index is 0.656. The Bertz CT molecular complexity index is 1340. The molecule has 0 saturated heterocycles. The number of pyridine rings is 1. The van der Waals surface area contributed by atoms with Gasteiger partial charge in [-0.05, 0) is 35.9 Å². The molecule has 25 heavy (non-hydrogen) atoms. The molecule has 0 aliphatic heterocycles. The van der Waals surface area contributed by atoms with E-state index in [1.807, 2.05) is 36.7 Å². The number of benzene rings is 3. The minimum Gasteiger partial charge on any atom is -0.331 e. The first-order chi connectivity index (χ1) is 12.3. The van der Waals surface area contributed by atoms with Gasteiger partial charge in [0.25, 0.3) is 0 Å². The van der Waals surface area contributed by atoms with Crippen LogP contribution in [0.5, 0.6) is 0 Å². The molecule has 0 atom stereocenters. The number of hydrogen-bond acceptors (Lipinski definition) is 3. The summed E-state index contributed by atoms with van der Waals surface area (Å²) in [5.41, 5.74) is 4.19. The second-order valence-electron chi connectivity index (χ2n) is 6.14. The van der Waals surface area contributed by atoms with Gasteiger partial charge in [-0.25, -0.2) is 9.97 Å². The molecule has 5 aromatic rings. The SMILES string of the molecule is CCn1cnc2c3c(C#N)c4c(ccc5ccccc54)nc3ccc21. The van der Waals surface area contributed by atoms with Crippen molar-refractivity contribution in [2.45, 2.75) is 13.5 Å². The Morgan fingerprint density at radius 2 is 1.80 bits per heavy atom. The topological polar surface area (TPSA) is 54.5 Å². The highest BCUT2D eigenvalue weighted by atomic mass is 15.0. The lowest BCUT2D eigenvalue weighted by atomic mass is 9.97. The van der Waals surface area contributed by atoms with Crippen molar-refractivity contribution in [2.24, 2.45) is 0 Å². The van der Waals surface area contributed by atoms with Crippen LogP contribution < -0.4 is 0 Å². The molecule has 0 N–H and O–H groups in total. The molecule has 3 aromatic carbocycles. The van der Waals surface area contributed by atoms with Crippen molar-refractivity contribution in [1.29, 1.82) is 5.26 Å². The summed E-state index contributed by atoms with van der Waals surface area (Å²) in [4.78, 5) is 9.41. The molecular weight excluding hydrogens is 308 g/mol. The average Bonchev–Trinajstić information content (AvgIpc) is 3.09. The highest BCUT2D eigenvalue weighted by Gasteiger charge is 2.16. The number of aryl methyl sites for hydroxylation is 1. The summed E-state index contributed by atoms with van der Waals surface area (Å²) in [7, 11) is 0. The van der Waals surface area contributed by atoms with Crippen molar-refractivity contribution in [2.75, 3.05) is 0 Å². The van der Waals surface area contributed by atoms with E-state index < -0.39 is 0 Å². The van der Waals surface area contributed by atoms with Crippen molar-refractivity contribution >= 4 is 43.6 Å². The number of nitrogens with zero attached hydrogens (tertiary/aromatic N) is 4. The molecule has 2 heterocycles. The van der Waals surface area contributed by atoms with E-state index in [9.17, 15) is 5.26 Å². The van der Waals surface area contributed by atoms with E-state index in [0.717, 1.165) is 50.2 Å². The Balaban J connectivity index is 2.10. The third-order valence-corrected chi connectivity index (χ3v) is 4.87. The quantitative estimate of drug-likeness (QED) is 0.329. The van der Waals surface area contributed by atoms with E-state index >= 15 is 0 Å². The number of imidazole rings is 1. The van der Waals surface area contributed by atoms with Crippen LogP contribution in [-0.4, -0.2) is 14.5 Å². The number of fused-ring (bicyclic) bond motifs is 6. The van der Waals surface area contributed by atoms with Gasteiger partial charge in [-0.3, -0.25) is 0 Å². The molecule has 0 spiro atoms. The lowest BCUT2D eigenvalue weighted by Gasteiger charge is -2.09. The summed E-state index contributed by atoms with van der Waals surface area (Å²) < 4.78 is 2.09. The Hall–Kier alpha value is -3.45. The van der Waals surface area contributed by atoms with Gasteiger partial charge in [-0.2, -0.15) is 5.26 Å². The predicted octanol–water partition coefficient (Wildman–Crippen LogP) is 4.78. The molecule has 0 saturated carbocycles. The van der Waals surface area contributed by atoms with Gasteiger partial charge in [-0.1, -0.05) is 30.3 Å². The second kappa shape index (κ2) is 5.02. The van der Waals surface area contributed by atoms with E-state index in [1.165, 1.54) is 0 Å². The molecule has 0 bridgehead atoms. The summed E-state index contributed by atoms with van der Waals surface area (Å²) >= 11 is 0. The van der Waals surface area contributed by atoms with E-state index in [0.29, 0.717) is 5.56 Å². The minimum atomic E-state index is 0.656. The average molecular weight is 322 g/mol. The Labute approximate surface area is 144 Å². The van der Waals surface area contributed by atoms with Crippen molar-refractivity contribution in [3.63, 3.8) is 0 Å². The van der Waals surface area contributed by atoms with Crippen LogP contribution in [0.1, 0.15) is 12.5 Å². The van der Waals surface area contributed by atoms with Gasteiger partial charge in [0.05, 0.1) is 34.0 Å². The lowest BCUT2D eigenvalue weighted by Crippen LogP contribution is -1.93. The molecule has 0 aliphatic rings. The smallest absolute Gasteiger partial charge is 0.101 e. The molecule has 0 aliphatic carbocycles. The molecular formula is C21H14N4. The van der Waals surface area contributed by atoms with Gasteiger partial charge >= 0.3 is 0 Å². The van der Waals surface area contributed by atoms with Crippen LogP contribution in [0, 0.1) is 11.3 Å². The maximum absolute atomic E-state index is 10.0. The molecule has 2 aromatic heterocycles. The first-order valence-electron chi connectivity index (χ1n) is 8.31. The highest BCUT2D eigenvalue weighted by molar-refractivity contribution is 6.18. The van der Waals surface area contributed by atoms with E-state index in [2.05, 4.69) is 40.7 Å². The standard InChI is InChI=1S/C21H14N4/c1-2-25-12-23-21-18(25)10-9-17-20(21)15(11-22)19-14-6-4-3-5-13(14)7-8-16(19)24-17/h3-10,12H,2H2,1H3. The van der Waals surface area contributed by atoms with Crippen molar-refractivity contribution in [3.05, 3.63) is 60.4 Å². The maximum atomic E-state index is 10.0. The van der Waals surface area contributed by atoms with Crippen LogP contribution in [0.15, 0.2) is 54.9 Å². The largest absolute Gasteiger partial charge is 0.331 e. The highest BCUT2D eigenvalue weighted by Crippen LogP contribution is 2.34. The van der Waals surface area contributed by atoms with Gasteiger partial charge < -0.3 is 4.57 Å². The van der Waals surface area contributed by atoms with E-state index in [4.69, 9.17) is 4.98 Å². The van der Waals surface area contributed by atoms with Crippen LogP contribution >= 0.6 is 0 Å². The van der Waals surface area contributed by atoms with Gasteiger partial charge in [0, 0.05) is 17.3 Å². The summed E-state index contributed by atoms with van der Waals surface area (Å²) in [6, 6.07) is 18.6. The molecule has 4 nitrogen and oxygen atoms in total. The molecule has 0 radical (unpaired) electrons. The van der Waals surface area contributed by atoms with E-state index in [-0.39, 0.29) is 0 Å². The first kappa shape index (κ1) is 13.9. The summed E-state index contributed by atoms with van der Waals surface area (Å²) in [6.45, 7) is 2.93. The normalized spacial score (nSPS) is 11.5. The zero-order valence-corrected chi connectivity index (χ0v) is 13.7. The third kappa shape index (κ3) is 1.81. The summed E-state index contributed by atoms with van der Waals surface area (Å²) in [5, 5.41) is 13.9. The zero-order chi connectivity index (χ0) is 17.0. The Morgan fingerprint density at radius 3 is 2.64 bits per heavy atom. The molecule has 0 unspecified atom stereocenters. The monoisotopic (exact) mass is 322 g/mol. The molecule has 5 rings (SSSR count). The molecule has 4 heteroatoms. The second-order valence-corrected chi connectivity index (χ2v) is 6.14. The fraction of sp³-hybridized carbons (Fsp3) is 0.0952. The number of nitriles is 1. The number of hydrogen-bond donors (Lipinski definition) is 0. The fourth-order valence-electron chi connectivity index (χ4n) is 3.70. The third-order valence-electron chi connectivity index (χ3n) is 4.87. The molecule has 0 amide bonds. The summed E-state index contributed by atoms with van der Waals surface area (Å²) in [5.74, 6) is 0.